The number of furan rings is 1. The van der Waals surface area contributed by atoms with Gasteiger partial charge in [0.15, 0.2) is 5.76 Å². The number of thiophene rings is 1. The van der Waals surface area contributed by atoms with E-state index in [1.54, 1.807) is 23.5 Å². The maximum atomic E-state index is 11.7. The van der Waals surface area contributed by atoms with E-state index in [4.69, 9.17) is 4.42 Å². The quantitative estimate of drug-likeness (QED) is 0.802. The average molecular weight is 285 g/mol. The molecule has 0 bridgehead atoms. The molecule has 2 aromatic rings. The van der Waals surface area contributed by atoms with Crippen LogP contribution < -0.4 is 0 Å². The number of carbonyl (C=O) groups excluding carboxylic acids is 1. The van der Waals surface area contributed by atoms with Crippen molar-refractivity contribution in [1.82, 2.24) is 0 Å². The molecule has 0 spiro atoms. The molecule has 0 N–H and O–H groups in total. The summed E-state index contributed by atoms with van der Waals surface area (Å²) in [6.07, 6.45) is 0.406. The van der Waals surface area contributed by atoms with Crippen molar-refractivity contribution in [2.75, 3.05) is 0 Å². The van der Waals surface area contributed by atoms with Crippen LogP contribution in [-0.2, 0) is 6.42 Å². The summed E-state index contributed by atoms with van der Waals surface area (Å²) in [7, 11) is 0. The van der Waals surface area contributed by atoms with Crippen LogP contribution in [0.1, 0.15) is 21.2 Å². The van der Waals surface area contributed by atoms with Gasteiger partial charge in [-0.25, -0.2) is 0 Å². The lowest BCUT2D eigenvalue weighted by Crippen LogP contribution is -2.00. The zero-order valence-electron chi connectivity index (χ0n) is 8.12. The molecule has 0 saturated heterocycles. The molecule has 0 unspecified atom stereocenters. The number of rotatable bonds is 3. The minimum atomic E-state index is 0.0254. The molecule has 2 aromatic heterocycles. The normalized spacial score (nSPS) is 10.5. The Morgan fingerprint density at radius 2 is 2.33 bits per heavy atom. The van der Waals surface area contributed by atoms with Crippen molar-refractivity contribution < 1.29 is 9.21 Å². The first kappa shape index (κ1) is 10.6. The maximum absolute atomic E-state index is 11.7. The van der Waals surface area contributed by atoms with E-state index in [2.05, 4.69) is 15.9 Å². The molecule has 0 aliphatic rings. The van der Waals surface area contributed by atoms with Crippen LogP contribution in [0.15, 0.2) is 32.5 Å². The summed E-state index contributed by atoms with van der Waals surface area (Å²) in [6, 6.07) is 5.48. The van der Waals surface area contributed by atoms with Gasteiger partial charge < -0.3 is 4.42 Å². The number of Topliss-reactive ketones (excluding diaryl/α,β-unsaturated/α-hetero) is 1. The Labute approximate surface area is 100 Å². The van der Waals surface area contributed by atoms with Crippen molar-refractivity contribution in [3.05, 3.63) is 44.4 Å². The Balaban J connectivity index is 2.10. The topological polar surface area (TPSA) is 30.2 Å². The van der Waals surface area contributed by atoms with Gasteiger partial charge in [-0.3, -0.25) is 4.79 Å². The van der Waals surface area contributed by atoms with Crippen LogP contribution in [0.25, 0.3) is 0 Å². The third-order valence-corrected chi connectivity index (χ3v) is 3.67. The first-order valence-electron chi connectivity index (χ1n) is 4.47. The molecule has 2 rings (SSSR count). The van der Waals surface area contributed by atoms with Gasteiger partial charge in [0.2, 0.25) is 5.78 Å². The molecule has 2 nitrogen and oxygen atoms in total. The summed E-state index contributed by atoms with van der Waals surface area (Å²) in [5.41, 5.74) is 0. The van der Waals surface area contributed by atoms with Gasteiger partial charge in [-0.15, -0.1) is 11.3 Å². The predicted octanol–water partition coefficient (Wildman–Crippen LogP) is 3.84. The van der Waals surface area contributed by atoms with Crippen LogP contribution in [0.4, 0.5) is 0 Å². The van der Waals surface area contributed by atoms with Crippen molar-refractivity contribution in [1.29, 1.82) is 0 Å². The summed E-state index contributed by atoms with van der Waals surface area (Å²) in [5.74, 6) is 1.24. The Hall–Kier alpha value is -0.870. The smallest absolute Gasteiger partial charge is 0.203 e. The van der Waals surface area contributed by atoms with Gasteiger partial charge in [-0.05, 0) is 41.1 Å². The summed E-state index contributed by atoms with van der Waals surface area (Å²) in [6.45, 7) is 1.83. The van der Waals surface area contributed by atoms with E-state index in [1.165, 1.54) is 0 Å². The summed E-state index contributed by atoms with van der Waals surface area (Å²) < 4.78 is 6.29. The highest BCUT2D eigenvalue weighted by Crippen LogP contribution is 2.21. The van der Waals surface area contributed by atoms with Crippen LogP contribution in [0.2, 0.25) is 0 Å². The molecule has 0 fully saturated rings. The molecule has 15 heavy (non-hydrogen) atoms. The molecule has 78 valence electrons. The SMILES string of the molecule is Cc1ccc(C(=O)Cc2cc(Br)cs2)o1. The Kier molecular flexibility index (Phi) is 3.07. The average Bonchev–Trinajstić information content (AvgIpc) is 2.75. The fraction of sp³-hybridized carbons (Fsp3) is 0.182. The highest BCUT2D eigenvalue weighted by Gasteiger charge is 2.11. The Bertz CT molecular complexity index is 484. The Morgan fingerprint density at radius 1 is 1.53 bits per heavy atom. The number of aryl methyl sites for hydroxylation is 1. The van der Waals surface area contributed by atoms with Gasteiger partial charge in [-0.1, -0.05) is 0 Å². The molecule has 0 radical (unpaired) electrons. The molecule has 0 saturated carbocycles. The minimum Gasteiger partial charge on any atom is -0.458 e. The number of ketones is 1. The van der Waals surface area contributed by atoms with E-state index >= 15 is 0 Å². The standard InChI is InChI=1S/C11H9BrO2S/c1-7-2-3-11(14-7)10(13)5-9-4-8(12)6-15-9/h2-4,6H,5H2,1H3. The highest BCUT2D eigenvalue weighted by atomic mass is 79.9. The molecule has 0 atom stereocenters. The van der Waals surface area contributed by atoms with Gasteiger partial charge in [0.25, 0.3) is 0 Å². The van der Waals surface area contributed by atoms with E-state index in [0.717, 1.165) is 15.1 Å². The highest BCUT2D eigenvalue weighted by molar-refractivity contribution is 9.10. The van der Waals surface area contributed by atoms with E-state index in [9.17, 15) is 4.79 Å². The fourth-order valence-corrected chi connectivity index (χ4v) is 2.73. The lowest BCUT2D eigenvalue weighted by atomic mass is 10.2. The van der Waals surface area contributed by atoms with E-state index < -0.39 is 0 Å². The fourth-order valence-electron chi connectivity index (χ4n) is 1.28. The summed E-state index contributed by atoms with van der Waals surface area (Å²) in [5, 5.41) is 1.97. The van der Waals surface area contributed by atoms with Crippen molar-refractivity contribution in [2.45, 2.75) is 13.3 Å². The van der Waals surface area contributed by atoms with Crippen molar-refractivity contribution in [3.63, 3.8) is 0 Å². The van der Waals surface area contributed by atoms with Gasteiger partial charge in [0, 0.05) is 21.2 Å². The lowest BCUT2D eigenvalue weighted by Gasteiger charge is -1.93. The van der Waals surface area contributed by atoms with E-state index in [0.29, 0.717) is 12.2 Å². The first-order valence-corrected chi connectivity index (χ1v) is 6.15. The molecular weight excluding hydrogens is 276 g/mol. The largest absolute Gasteiger partial charge is 0.458 e. The second-order valence-corrected chi connectivity index (χ2v) is 5.15. The van der Waals surface area contributed by atoms with Crippen LogP contribution >= 0.6 is 27.3 Å². The number of hydrogen-bond donors (Lipinski definition) is 0. The van der Waals surface area contributed by atoms with Crippen molar-refractivity contribution in [3.8, 4) is 0 Å². The molecule has 0 amide bonds. The van der Waals surface area contributed by atoms with Gasteiger partial charge in [0.05, 0.1) is 0 Å². The predicted molar refractivity (Wildman–Crippen MR) is 63.5 cm³/mol. The van der Waals surface area contributed by atoms with Crippen molar-refractivity contribution >= 4 is 33.0 Å². The second-order valence-electron chi connectivity index (χ2n) is 3.24. The lowest BCUT2D eigenvalue weighted by molar-refractivity contribution is 0.0966. The van der Waals surface area contributed by atoms with Crippen LogP contribution in [0.5, 0.6) is 0 Å². The molecule has 2 heterocycles. The first-order chi connectivity index (χ1) is 7.15. The van der Waals surface area contributed by atoms with Crippen LogP contribution in [-0.4, -0.2) is 5.78 Å². The van der Waals surface area contributed by atoms with Gasteiger partial charge in [-0.2, -0.15) is 0 Å². The molecule has 0 aliphatic heterocycles. The van der Waals surface area contributed by atoms with E-state index in [-0.39, 0.29) is 5.78 Å². The molecule has 4 heteroatoms. The third-order valence-electron chi connectivity index (χ3n) is 1.97. The monoisotopic (exact) mass is 284 g/mol. The maximum Gasteiger partial charge on any atom is 0.203 e. The second kappa shape index (κ2) is 4.33. The Morgan fingerprint density at radius 3 is 2.87 bits per heavy atom. The number of hydrogen-bond acceptors (Lipinski definition) is 3. The summed E-state index contributed by atoms with van der Waals surface area (Å²) in [4.78, 5) is 12.8. The minimum absolute atomic E-state index is 0.0254. The van der Waals surface area contributed by atoms with Crippen LogP contribution in [0.3, 0.4) is 0 Å². The number of carbonyl (C=O) groups is 1. The van der Waals surface area contributed by atoms with Crippen molar-refractivity contribution in [2.24, 2.45) is 0 Å². The zero-order chi connectivity index (χ0) is 10.8. The third kappa shape index (κ3) is 2.58. The van der Waals surface area contributed by atoms with Crippen LogP contribution in [0, 0.1) is 6.92 Å². The molecule has 0 aromatic carbocycles. The molecule has 0 aliphatic carbocycles. The summed E-state index contributed by atoms with van der Waals surface area (Å²) >= 11 is 4.93. The number of halogens is 1. The molecular formula is C11H9BrO2S. The zero-order valence-corrected chi connectivity index (χ0v) is 10.5. The van der Waals surface area contributed by atoms with Gasteiger partial charge in [0.1, 0.15) is 5.76 Å². The van der Waals surface area contributed by atoms with E-state index in [1.807, 2.05) is 18.4 Å². The van der Waals surface area contributed by atoms with Gasteiger partial charge >= 0.3 is 0 Å².